The molecule has 0 aliphatic carbocycles. The fourth-order valence-corrected chi connectivity index (χ4v) is 0.461. The second kappa shape index (κ2) is 4.28. The molecule has 0 unspecified atom stereocenters. The Labute approximate surface area is 54.0 Å². The van der Waals surface area contributed by atoms with Gasteiger partial charge in [-0.25, -0.2) is 8.42 Å². The molecule has 1 amide bonds. The summed E-state index contributed by atoms with van der Waals surface area (Å²) in [5, 5.41) is 0. The second-order valence-electron chi connectivity index (χ2n) is 1.27. The first-order valence-electron chi connectivity index (χ1n) is 2.18. The zero-order chi connectivity index (χ0) is 7.28. The second-order valence-corrected chi connectivity index (χ2v) is 1.98. The molecule has 0 aromatic heterocycles. The summed E-state index contributed by atoms with van der Waals surface area (Å²) in [5.74, 6) is -0.577. The molecule has 2 N–H and O–H groups in total. The molecular weight excluding hydrogens is 146 g/mol. The van der Waals surface area contributed by atoms with E-state index in [0.717, 1.165) is 0 Å². The standard InChI is InChI=1S/C3H7NO4S/c4-3(5)1-2-8-9(6)7/h9H,1-2H2,(H2,4,5). The molecule has 0 rings (SSSR count). The first-order valence-corrected chi connectivity index (χ1v) is 3.28. The minimum Gasteiger partial charge on any atom is -0.370 e. The Bertz CT molecular complexity index is 155. The topological polar surface area (TPSA) is 86.5 Å². The molecule has 6 heteroatoms. The minimum absolute atomic E-state index is 0.0662. The first-order chi connectivity index (χ1) is 4.13. The quantitative estimate of drug-likeness (QED) is 0.476. The van der Waals surface area contributed by atoms with E-state index in [1.165, 1.54) is 0 Å². The smallest absolute Gasteiger partial charge is 0.257 e. The summed E-state index contributed by atoms with van der Waals surface area (Å²) < 4.78 is 23.3. The maximum absolute atomic E-state index is 9.93. The van der Waals surface area contributed by atoms with Gasteiger partial charge in [0.1, 0.15) is 0 Å². The van der Waals surface area contributed by atoms with Crippen molar-refractivity contribution in [1.29, 1.82) is 0 Å². The number of carbonyl (C=O) groups excluding carboxylic acids is 1. The van der Waals surface area contributed by atoms with Crippen LogP contribution in [0, 0.1) is 0 Å². The maximum atomic E-state index is 9.93. The number of thiol groups is 1. The Morgan fingerprint density at radius 3 is 2.44 bits per heavy atom. The summed E-state index contributed by atoms with van der Waals surface area (Å²) in [7, 11) is -2.84. The summed E-state index contributed by atoms with van der Waals surface area (Å²) in [6.07, 6.45) is -0.0662. The lowest BCUT2D eigenvalue weighted by atomic mass is 10.4. The van der Waals surface area contributed by atoms with Gasteiger partial charge in [0, 0.05) is 0 Å². The van der Waals surface area contributed by atoms with E-state index in [-0.39, 0.29) is 13.0 Å². The van der Waals surface area contributed by atoms with Gasteiger partial charge in [-0.05, 0) is 0 Å². The molecule has 54 valence electrons. The average Bonchev–Trinajstić information content (AvgIpc) is 1.63. The number of hydrogen-bond donors (Lipinski definition) is 2. The van der Waals surface area contributed by atoms with E-state index in [2.05, 4.69) is 9.92 Å². The summed E-state index contributed by atoms with van der Waals surface area (Å²) in [6.45, 7) is -0.159. The van der Waals surface area contributed by atoms with Gasteiger partial charge in [-0.1, -0.05) is 0 Å². The molecule has 0 aliphatic heterocycles. The van der Waals surface area contributed by atoms with Gasteiger partial charge in [-0.3, -0.25) is 8.98 Å². The lowest BCUT2D eigenvalue weighted by molar-refractivity contribution is -0.118. The van der Waals surface area contributed by atoms with Crippen LogP contribution in [0.5, 0.6) is 0 Å². The van der Waals surface area contributed by atoms with Crippen LogP contribution in [-0.4, -0.2) is 20.9 Å². The van der Waals surface area contributed by atoms with Gasteiger partial charge in [-0.2, -0.15) is 0 Å². The van der Waals surface area contributed by atoms with Crippen molar-refractivity contribution in [2.24, 2.45) is 5.73 Å². The van der Waals surface area contributed by atoms with E-state index in [0.29, 0.717) is 0 Å². The number of carbonyl (C=O) groups is 1. The van der Waals surface area contributed by atoms with Gasteiger partial charge < -0.3 is 5.73 Å². The van der Waals surface area contributed by atoms with Gasteiger partial charge in [0.25, 0.3) is 11.0 Å². The van der Waals surface area contributed by atoms with Crippen molar-refractivity contribution in [3.05, 3.63) is 0 Å². The SMILES string of the molecule is NC(=O)CCO[SH](=O)=O. The molecule has 9 heavy (non-hydrogen) atoms. The number of rotatable bonds is 4. The first kappa shape index (κ1) is 8.38. The van der Waals surface area contributed by atoms with Crippen LogP contribution in [0.1, 0.15) is 6.42 Å². The Morgan fingerprint density at radius 1 is 1.56 bits per heavy atom. The van der Waals surface area contributed by atoms with Crippen LogP contribution in [0.4, 0.5) is 0 Å². The zero-order valence-corrected chi connectivity index (χ0v) is 5.47. The molecule has 0 radical (unpaired) electrons. The number of hydrogen-bond acceptors (Lipinski definition) is 4. The molecule has 0 spiro atoms. The number of nitrogens with two attached hydrogens (primary N) is 1. The number of primary amides is 1. The fourth-order valence-electron chi connectivity index (χ4n) is 0.221. The van der Waals surface area contributed by atoms with Crippen LogP contribution in [-0.2, 0) is 20.0 Å². The van der Waals surface area contributed by atoms with Gasteiger partial charge in [-0.15, -0.1) is 0 Å². The third-order valence-corrected chi connectivity index (χ3v) is 0.939. The minimum atomic E-state index is -2.84. The van der Waals surface area contributed by atoms with E-state index in [9.17, 15) is 13.2 Å². The van der Waals surface area contributed by atoms with E-state index in [4.69, 9.17) is 0 Å². The third-order valence-electron chi connectivity index (χ3n) is 0.545. The molecule has 0 saturated heterocycles. The Balaban J connectivity index is 3.21. The van der Waals surface area contributed by atoms with E-state index < -0.39 is 16.9 Å². The van der Waals surface area contributed by atoms with Crippen molar-refractivity contribution in [2.45, 2.75) is 6.42 Å². The molecule has 5 nitrogen and oxygen atoms in total. The van der Waals surface area contributed by atoms with Crippen LogP contribution >= 0.6 is 0 Å². The molecule has 0 fully saturated rings. The van der Waals surface area contributed by atoms with Crippen LogP contribution in [0.25, 0.3) is 0 Å². The van der Waals surface area contributed by atoms with Crippen molar-refractivity contribution in [1.82, 2.24) is 0 Å². The van der Waals surface area contributed by atoms with Crippen LogP contribution in [0.2, 0.25) is 0 Å². The van der Waals surface area contributed by atoms with Gasteiger partial charge in [0.15, 0.2) is 0 Å². The predicted octanol–water partition coefficient (Wildman–Crippen LogP) is -1.60. The summed E-state index contributed by atoms with van der Waals surface area (Å²) in [5.41, 5.74) is 4.66. The predicted molar refractivity (Wildman–Crippen MR) is 30.1 cm³/mol. The van der Waals surface area contributed by atoms with Gasteiger partial charge in [0.2, 0.25) is 5.91 Å². The normalized spacial score (nSPS) is 9.89. The Morgan fingerprint density at radius 2 is 2.11 bits per heavy atom. The van der Waals surface area contributed by atoms with E-state index in [1.807, 2.05) is 0 Å². The molecule has 0 atom stereocenters. The summed E-state index contributed by atoms with van der Waals surface area (Å²) in [4.78, 5) is 9.93. The van der Waals surface area contributed by atoms with Crippen molar-refractivity contribution in [3.8, 4) is 0 Å². The van der Waals surface area contributed by atoms with E-state index in [1.54, 1.807) is 0 Å². The third kappa shape index (κ3) is 7.38. The molecular formula is C3H7NO4S. The summed E-state index contributed by atoms with van der Waals surface area (Å²) in [6, 6.07) is 0. The Kier molecular flexibility index (Phi) is 3.98. The highest BCUT2D eigenvalue weighted by Crippen LogP contribution is 1.78. The van der Waals surface area contributed by atoms with Crippen molar-refractivity contribution in [3.63, 3.8) is 0 Å². The molecule has 0 heterocycles. The largest absolute Gasteiger partial charge is 0.370 e. The average molecular weight is 153 g/mol. The highest BCUT2D eigenvalue weighted by Gasteiger charge is 1.92. The molecule has 0 aliphatic rings. The monoisotopic (exact) mass is 153 g/mol. The van der Waals surface area contributed by atoms with Crippen LogP contribution in [0.15, 0.2) is 0 Å². The summed E-state index contributed by atoms with van der Waals surface area (Å²) >= 11 is 0. The van der Waals surface area contributed by atoms with Gasteiger partial charge >= 0.3 is 0 Å². The van der Waals surface area contributed by atoms with Crippen LogP contribution < -0.4 is 5.73 Å². The number of amides is 1. The van der Waals surface area contributed by atoms with Crippen LogP contribution in [0.3, 0.4) is 0 Å². The van der Waals surface area contributed by atoms with E-state index >= 15 is 0 Å². The van der Waals surface area contributed by atoms with Crippen molar-refractivity contribution in [2.75, 3.05) is 6.61 Å². The highest BCUT2D eigenvalue weighted by atomic mass is 32.2. The van der Waals surface area contributed by atoms with Gasteiger partial charge in [0.05, 0.1) is 13.0 Å². The van der Waals surface area contributed by atoms with Crippen molar-refractivity contribution >= 4 is 16.9 Å². The molecule has 0 aromatic rings. The lowest BCUT2D eigenvalue weighted by Crippen LogP contribution is -2.12. The zero-order valence-electron chi connectivity index (χ0n) is 4.57. The Hall–Kier alpha value is -0.620. The molecule has 0 saturated carbocycles. The fraction of sp³-hybridized carbons (Fsp3) is 0.667. The molecule has 0 aromatic carbocycles. The molecule has 0 bridgehead atoms. The maximum Gasteiger partial charge on any atom is 0.257 e. The highest BCUT2D eigenvalue weighted by molar-refractivity contribution is 7.67. The lowest BCUT2D eigenvalue weighted by Gasteiger charge is -1.89. The van der Waals surface area contributed by atoms with Crippen molar-refractivity contribution < 1.29 is 17.4 Å².